The van der Waals surface area contributed by atoms with Crippen LogP contribution in [-0.2, 0) is 0 Å². The molecule has 0 fully saturated rings. The van der Waals surface area contributed by atoms with Gasteiger partial charge >= 0.3 is 6.36 Å². The number of nitrogens with one attached hydrogen (secondary N) is 1. The molecule has 24 heavy (non-hydrogen) atoms. The van der Waals surface area contributed by atoms with E-state index in [1.165, 1.54) is 31.2 Å². The number of nitrogens with zero attached hydrogens (tertiary/aromatic N) is 1. The van der Waals surface area contributed by atoms with Gasteiger partial charge in [-0.1, -0.05) is 0 Å². The second-order valence-corrected chi connectivity index (χ2v) is 4.74. The summed E-state index contributed by atoms with van der Waals surface area (Å²) >= 11 is 0. The number of ether oxygens (including phenoxy) is 1. The molecule has 0 saturated carbocycles. The average molecular weight is 340 g/mol. The molecule has 0 aliphatic carbocycles. The monoisotopic (exact) mass is 340 g/mol. The van der Waals surface area contributed by atoms with Crippen LogP contribution in [0.2, 0.25) is 0 Å². The van der Waals surface area contributed by atoms with Gasteiger partial charge in [-0.05, 0) is 43.3 Å². The third-order valence-corrected chi connectivity index (χ3v) is 2.97. The standard InChI is InChI=1S/C15H11F3N2O4/c1-9(21)10-2-7-13(14(8-10)20(22)23)19-11-3-5-12(6-4-11)24-15(16,17)18/h2-8,19H,1H3. The number of alkyl halides is 3. The lowest BCUT2D eigenvalue weighted by Gasteiger charge is -2.11. The van der Waals surface area contributed by atoms with Crippen molar-refractivity contribution in [1.29, 1.82) is 0 Å². The molecule has 1 N–H and O–H groups in total. The molecule has 2 aromatic carbocycles. The van der Waals surface area contributed by atoms with Crippen LogP contribution in [0.4, 0.5) is 30.2 Å². The van der Waals surface area contributed by atoms with Crippen LogP contribution in [-0.4, -0.2) is 17.1 Å². The molecule has 0 aromatic heterocycles. The summed E-state index contributed by atoms with van der Waals surface area (Å²) in [7, 11) is 0. The normalized spacial score (nSPS) is 11.0. The lowest BCUT2D eigenvalue weighted by molar-refractivity contribution is -0.383. The number of carbonyl (C=O) groups is 1. The SMILES string of the molecule is CC(=O)c1ccc(Nc2ccc(OC(F)(F)F)cc2)c([N+](=O)[O-])c1. The third kappa shape index (κ3) is 4.45. The van der Waals surface area contributed by atoms with Crippen molar-refractivity contribution in [1.82, 2.24) is 0 Å². The van der Waals surface area contributed by atoms with Gasteiger partial charge in [-0.3, -0.25) is 14.9 Å². The van der Waals surface area contributed by atoms with E-state index >= 15 is 0 Å². The topological polar surface area (TPSA) is 81.5 Å². The number of rotatable bonds is 5. The van der Waals surface area contributed by atoms with Gasteiger partial charge in [0.15, 0.2) is 5.78 Å². The average Bonchev–Trinajstić information content (AvgIpc) is 2.47. The molecule has 0 amide bonds. The Bertz CT molecular complexity index is 773. The van der Waals surface area contributed by atoms with Crippen molar-refractivity contribution in [3.8, 4) is 5.75 Å². The lowest BCUT2D eigenvalue weighted by atomic mass is 10.1. The van der Waals surface area contributed by atoms with E-state index in [0.717, 1.165) is 18.2 Å². The van der Waals surface area contributed by atoms with Gasteiger partial charge in [-0.15, -0.1) is 13.2 Å². The summed E-state index contributed by atoms with van der Waals surface area (Å²) in [5.41, 5.74) is 0.289. The maximum absolute atomic E-state index is 12.1. The number of hydrogen-bond acceptors (Lipinski definition) is 5. The first-order valence-corrected chi connectivity index (χ1v) is 6.58. The minimum Gasteiger partial charge on any atom is -0.406 e. The fraction of sp³-hybridized carbons (Fsp3) is 0.133. The quantitative estimate of drug-likeness (QED) is 0.494. The van der Waals surface area contributed by atoms with Crippen molar-refractivity contribution in [2.24, 2.45) is 0 Å². The van der Waals surface area contributed by atoms with Gasteiger partial charge in [0.2, 0.25) is 0 Å². The predicted octanol–water partition coefficient (Wildman–Crippen LogP) is 4.44. The zero-order valence-corrected chi connectivity index (χ0v) is 12.3. The molecule has 0 radical (unpaired) electrons. The second-order valence-electron chi connectivity index (χ2n) is 4.74. The van der Waals surface area contributed by atoms with E-state index in [4.69, 9.17) is 0 Å². The fourth-order valence-electron chi connectivity index (χ4n) is 1.90. The molecule has 0 atom stereocenters. The number of nitro groups is 1. The smallest absolute Gasteiger partial charge is 0.406 e. The Hall–Kier alpha value is -3.10. The number of halogens is 3. The first kappa shape index (κ1) is 17.3. The van der Waals surface area contributed by atoms with Crippen molar-refractivity contribution < 1.29 is 27.6 Å². The Balaban J connectivity index is 2.24. The van der Waals surface area contributed by atoms with Crippen molar-refractivity contribution in [2.45, 2.75) is 13.3 Å². The molecule has 2 rings (SSSR count). The van der Waals surface area contributed by atoms with E-state index in [1.54, 1.807) is 0 Å². The van der Waals surface area contributed by atoms with E-state index in [2.05, 4.69) is 10.1 Å². The lowest BCUT2D eigenvalue weighted by Crippen LogP contribution is -2.16. The summed E-state index contributed by atoms with van der Waals surface area (Å²) < 4.78 is 40.0. The van der Waals surface area contributed by atoms with Crippen LogP contribution in [0, 0.1) is 10.1 Å². The number of anilines is 2. The molecule has 0 aliphatic heterocycles. The van der Waals surface area contributed by atoms with Crippen molar-refractivity contribution in [3.05, 3.63) is 58.1 Å². The Labute approximate surface area is 134 Å². The molecule has 0 spiro atoms. The van der Waals surface area contributed by atoms with Gasteiger partial charge in [0.25, 0.3) is 5.69 Å². The minimum atomic E-state index is -4.80. The van der Waals surface area contributed by atoms with E-state index in [1.807, 2.05) is 0 Å². The molecule has 0 bridgehead atoms. The first-order chi connectivity index (χ1) is 11.2. The molecule has 126 valence electrons. The molecule has 6 nitrogen and oxygen atoms in total. The summed E-state index contributed by atoms with van der Waals surface area (Å²) in [5, 5.41) is 13.8. The maximum atomic E-state index is 12.1. The molecule has 0 saturated heterocycles. The Morgan fingerprint density at radius 3 is 2.29 bits per heavy atom. The number of nitro benzene ring substituents is 1. The Morgan fingerprint density at radius 1 is 1.17 bits per heavy atom. The van der Waals surface area contributed by atoms with Crippen LogP contribution >= 0.6 is 0 Å². The summed E-state index contributed by atoms with van der Waals surface area (Å²) in [6.45, 7) is 1.28. The van der Waals surface area contributed by atoms with Crippen molar-refractivity contribution in [3.63, 3.8) is 0 Å². The maximum Gasteiger partial charge on any atom is 0.573 e. The zero-order valence-electron chi connectivity index (χ0n) is 12.3. The molecule has 0 unspecified atom stereocenters. The predicted molar refractivity (Wildman–Crippen MR) is 79.5 cm³/mol. The van der Waals surface area contributed by atoms with Gasteiger partial charge in [0, 0.05) is 17.3 Å². The highest BCUT2D eigenvalue weighted by Crippen LogP contribution is 2.30. The zero-order chi connectivity index (χ0) is 17.9. The van der Waals surface area contributed by atoms with Gasteiger partial charge in [0.1, 0.15) is 11.4 Å². The minimum absolute atomic E-state index is 0.106. The molecule has 2 aromatic rings. The van der Waals surface area contributed by atoms with Crippen LogP contribution in [0.15, 0.2) is 42.5 Å². The van der Waals surface area contributed by atoms with Crippen molar-refractivity contribution in [2.75, 3.05) is 5.32 Å². The van der Waals surface area contributed by atoms with E-state index in [0.29, 0.717) is 5.69 Å². The highest BCUT2D eigenvalue weighted by molar-refractivity contribution is 5.95. The van der Waals surface area contributed by atoms with E-state index < -0.39 is 17.0 Å². The van der Waals surface area contributed by atoms with Crippen LogP contribution in [0.1, 0.15) is 17.3 Å². The second kappa shape index (κ2) is 6.57. The van der Waals surface area contributed by atoms with Gasteiger partial charge < -0.3 is 10.1 Å². The number of ketones is 1. The Kier molecular flexibility index (Phi) is 4.72. The number of Topliss-reactive ketones (excluding diaryl/α,β-unsaturated/α-hetero) is 1. The largest absolute Gasteiger partial charge is 0.573 e. The van der Waals surface area contributed by atoms with Crippen LogP contribution in [0.3, 0.4) is 0 Å². The Morgan fingerprint density at radius 2 is 1.79 bits per heavy atom. The fourth-order valence-corrected chi connectivity index (χ4v) is 1.90. The number of benzene rings is 2. The summed E-state index contributed by atoms with van der Waals surface area (Å²) in [4.78, 5) is 21.7. The molecular formula is C15H11F3N2O4. The molecule has 0 heterocycles. The summed E-state index contributed by atoms with van der Waals surface area (Å²) in [5.74, 6) is -0.729. The van der Waals surface area contributed by atoms with Crippen molar-refractivity contribution >= 4 is 22.8 Å². The van der Waals surface area contributed by atoms with Gasteiger partial charge in [0.05, 0.1) is 4.92 Å². The van der Waals surface area contributed by atoms with Crippen LogP contribution in [0.25, 0.3) is 0 Å². The molecular weight excluding hydrogens is 329 g/mol. The van der Waals surface area contributed by atoms with E-state index in [-0.39, 0.29) is 22.7 Å². The third-order valence-electron chi connectivity index (χ3n) is 2.97. The number of carbonyl (C=O) groups excluding carboxylic acids is 1. The van der Waals surface area contributed by atoms with Gasteiger partial charge in [-0.25, -0.2) is 0 Å². The van der Waals surface area contributed by atoms with Crippen LogP contribution in [0.5, 0.6) is 5.75 Å². The summed E-state index contributed by atoms with van der Waals surface area (Å²) in [6, 6.07) is 8.62. The van der Waals surface area contributed by atoms with Gasteiger partial charge in [-0.2, -0.15) is 0 Å². The molecule has 0 aliphatic rings. The number of hydrogen-bond donors (Lipinski definition) is 1. The highest BCUT2D eigenvalue weighted by atomic mass is 19.4. The van der Waals surface area contributed by atoms with Crippen LogP contribution < -0.4 is 10.1 Å². The molecule has 9 heteroatoms. The first-order valence-electron chi connectivity index (χ1n) is 6.58. The summed E-state index contributed by atoms with van der Waals surface area (Å²) in [6.07, 6.45) is -4.80. The van der Waals surface area contributed by atoms with E-state index in [9.17, 15) is 28.1 Å². The highest BCUT2D eigenvalue weighted by Gasteiger charge is 2.31.